The van der Waals surface area contributed by atoms with Gasteiger partial charge in [0.2, 0.25) is 0 Å². The molecule has 1 aliphatic rings. The summed E-state index contributed by atoms with van der Waals surface area (Å²) in [6.45, 7) is 0.538. The second kappa shape index (κ2) is 7.30. The molecule has 4 rings (SSSR count). The van der Waals surface area contributed by atoms with Crippen LogP contribution in [0.3, 0.4) is 0 Å². The number of hydrogen-bond donors (Lipinski definition) is 1. The summed E-state index contributed by atoms with van der Waals surface area (Å²) in [5.74, 6) is -0.436. The minimum absolute atomic E-state index is 0.196. The highest BCUT2D eigenvalue weighted by Gasteiger charge is 2.27. The van der Waals surface area contributed by atoms with Crippen LogP contribution in [0.15, 0.2) is 48.7 Å². The van der Waals surface area contributed by atoms with Crippen LogP contribution in [0.2, 0.25) is 10.0 Å². The van der Waals surface area contributed by atoms with Crippen LogP contribution >= 0.6 is 23.2 Å². The fourth-order valence-corrected chi connectivity index (χ4v) is 3.66. The second-order valence-electron chi connectivity index (χ2n) is 6.47. The molecule has 2 amide bonds. The predicted octanol–water partition coefficient (Wildman–Crippen LogP) is 4.18. The third kappa shape index (κ3) is 3.37. The van der Waals surface area contributed by atoms with Gasteiger partial charge in [0.1, 0.15) is 5.69 Å². The largest absolute Gasteiger partial charge is 0.321 e. The van der Waals surface area contributed by atoms with Crippen molar-refractivity contribution >= 4 is 46.4 Å². The van der Waals surface area contributed by atoms with Gasteiger partial charge in [0.15, 0.2) is 0 Å². The van der Waals surface area contributed by atoms with Crippen molar-refractivity contribution in [1.82, 2.24) is 9.78 Å². The number of halogens is 2. The number of carbonyl (C=O) groups is 2. The van der Waals surface area contributed by atoms with Crippen molar-refractivity contribution in [3.63, 3.8) is 0 Å². The SMILES string of the molecule is Cn1nccc1C(=O)Nc1ccc2c(c1)CCN2C(=O)c1cc(Cl)ccc1Cl. The summed E-state index contributed by atoms with van der Waals surface area (Å²) in [4.78, 5) is 27.0. The maximum absolute atomic E-state index is 12.9. The smallest absolute Gasteiger partial charge is 0.273 e. The first-order valence-corrected chi connectivity index (χ1v) is 9.39. The van der Waals surface area contributed by atoms with Gasteiger partial charge in [0.05, 0.1) is 10.6 Å². The summed E-state index contributed by atoms with van der Waals surface area (Å²) < 4.78 is 1.51. The molecule has 142 valence electrons. The van der Waals surface area contributed by atoms with Crippen LogP contribution in [0.1, 0.15) is 26.4 Å². The van der Waals surface area contributed by atoms with E-state index in [9.17, 15) is 9.59 Å². The first kappa shape index (κ1) is 18.5. The zero-order valence-electron chi connectivity index (χ0n) is 14.9. The molecule has 1 aromatic heterocycles. The van der Waals surface area contributed by atoms with Gasteiger partial charge in [-0.25, -0.2) is 0 Å². The number of hydrogen-bond acceptors (Lipinski definition) is 3. The van der Waals surface area contributed by atoms with Crippen molar-refractivity contribution in [2.45, 2.75) is 6.42 Å². The Labute approximate surface area is 171 Å². The molecule has 2 aromatic carbocycles. The van der Waals surface area contributed by atoms with E-state index in [1.165, 1.54) is 4.68 Å². The van der Waals surface area contributed by atoms with E-state index in [-0.39, 0.29) is 11.8 Å². The maximum atomic E-state index is 12.9. The molecule has 1 aliphatic heterocycles. The Hall–Kier alpha value is -2.83. The van der Waals surface area contributed by atoms with Gasteiger partial charge in [-0.05, 0) is 54.4 Å². The molecule has 0 radical (unpaired) electrons. The lowest BCUT2D eigenvalue weighted by molar-refractivity contribution is 0.0987. The average Bonchev–Trinajstić information content (AvgIpc) is 3.29. The summed E-state index contributed by atoms with van der Waals surface area (Å²) in [6, 6.07) is 12.0. The Morgan fingerprint density at radius 2 is 1.93 bits per heavy atom. The Kier molecular flexibility index (Phi) is 4.83. The van der Waals surface area contributed by atoms with Crippen LogP contribution in [0.5, 0.6) is 0 Å². The normalized spacial score (nSPS) is 12.8. The van der Waals surface area contributed by atoms with Crippen molar-refractivity contribution < 1.29 is 9.59 Å². The molecule has 0 atom stereocenters. The van der Waals surface area contributed by atoms with Crippen LogP contribution in [0, 0.1) is 0 Å². The summed E-state index contributed by atoms with van der Waals surface area (Å²) in [5.41, 5.74) is 3.29. The maximum Gasteiger partial charge on any atom is 0.273 e. The third-order valence-electron chi connectivity index (χ3n) is 4.69. The van der Waals surface area contributed by atoms with E-state index >= 15 is 0 Å². The van der Waals surface area contributed by atoms with Gasteiger partial charge in [-0.2, -0.15) is 5.10 Å². The lowest BCUT2D eigenvalue weighted by Crippen LogP contribution is -2.29. The highest BCUT2D eigenvalue weighted by molar-refractivity contribution is 6.36. The topological polar surface area (TPSA) is 67.2 Å². The zero-order valence-corrected chi connectivity index (χ0v) is 16.5. The van der Waals surface area contributed by atoms with E-state index in [0.717, 1.165) is 11.3 Å². The fraction of sp³-hybridized carbons (Fsp3) is 0.150. The molecule has 0 spiro atoms. The summed E-state index contributed by atoms with van der Waals surface area (Å²) >= 11 is 12.2. The molecular weight excluding hydrogens is 399 g/mol. The minimum Gasteiger partial charge on any atom is -0.321 e. The van der Waals surface area contributed by atoms with Crippen LogP contribution in [-0.2, 0) is 13.5 Å². The molecule has 0 unspecified atom stereocenters. The molecule has 1 N–H and O–H groups in total. The van der Waals surface area contributed by atoms with Gasteiger partial charge in [-0.3, -0.25) is 14.3 Å². The second-order valence-corrected chi connectivity index (χ2v) is 7.31. The Balaban J connectivity index is 1.57. The van der Waals surface area contributed by atoms with Crippen molar-refractivity contribution in [3.05, 3.63) is 75.5 Å². The van der Waals surface area contributed by atoms with E-state index in [0.29, 0.717) is 40.0 Å². The van der Waals surface area contributed by atoms with Gasteiger partial charge >= 0.3 is 0 Å². The lowest BCUT2D eigenvalue weighted by Gasteiger charge is -2.18. The van der Waals surface area contributed by atoms with Gasteiger partial charge in [0.25, 0.3) is 11.8 Å². The van der Waals surface area contributed by atoms with Gasteiger partial charge < -0.3 is 10.2 Å². The number of nitrogens with one attached hydrogen (secondary N) is 1. The van der Waals surface area contributed by atoms with E-state index in [2.05, 4.69) is 10.4 Å². The number of anilines is 2. The Bertz CT molecular complexity index is 1090. The standard InChI is InChI=1S/C20H16Cl2N4O2/c1-25-18(6-8-23-25)19(27)24-14-3-5-17-12(10-14)7-9-26(17)20(28)15-11-13(21)2-4-16(15)22/h2-6,8,10-11H,7,9H2,1H3,(H,24,27). The molecular formula is C20H16Cl2N4O2. The number of benzene rings is 2. The van der Waals surface area contributed by atoms with E-state index in [1.807, 2.05) is 12.1 Å². The van der Waals surface area contributed by atoms with Crippen molar-refractivity contribution in [2.24, 2.45) is 7.05 Å². The number of rotatable bonds is 3. The average molecular weight is 415 g/mol. The zero-order chi connectivity index (χ0) is 19.8. The van der Waals surface area contributed by atoms with Gasteiger partial charge in [-0.15, -0.1) is 0 Å². The molecule has 0 saturated carbocycles. The van der Waals surface area contributed by atoms with Crippen LogP contribution in [0.25, 0.3) is 0 Å². The number of aryl methyl sites for hydroxylation is 1. The highest BCUT2D eigenvalue weighted by Crippen LogP contribution is 2.33. The number of fused-ring (bicyclic) bond motifs is 1. The van der Waals surface area contributed by atoms with Gasteiger partial charge in [-0.1, -0.05) is 23.2 Å². The molecule has 0 saturated heterocycles. The van der Waals surface area contributed by atoms with E-state index < -0.39 is 0 Å². The van der Waals surface area contributed by atoms with Crippen LogP contribution in [0.4, 0.5) is 11.4 Å². The number of nitrogens with zero attached hydrogens (tertiary/aromatic N) is 3. The third-order valence-corrected chi connectivity index (χ3v) is 5.26. The molecule has 0 bridgehead atoms. The summed E-state index contributed by atoms with van der Waals surface area (Å²) in [7, 11) is 1.71. The lowest BCUT2D eigenvalue weighted by atomic mass is 10.1. The Morgan fingerprint density at radius 1 is 1.11 bits per heavy atom. The molecule has 28 heavy (non-hydrogen) atoms. The van der Waals surface area contributed by atoms with Crippen molar-refractivity contribution in [1.29, 1.82) is 0 Å². The Morgan fingerprint density at radius 3 is 2.68 bits per heavy atom. The van der Waals surface area contributed by atoms with Crippen LogP contribution < -0.4 is 10.2 Å². The monoisotopic (exact) mass is 414 g/mol. The predicted molar refractivity (Wildman–Crippen MR) is 109 cm³/mol. The highest BCUT2D eigenvalue weighted by atomic mass is 35.5. The summed E-state index contributed by atoms with van der Waals surface area (Å²) in [5, 5.41) is 7.69. The van der Waals surface area contributed by atoms with Crippen molar-refractivity contribution in [2.75, 3.05) is 16.8 Å². The van der Waals surface area contributed by atoms with Gasteiger partial charge in [0, 0.05) is 36.2 Å². The quantitative estimate of drug-likeness (QED) is 0.698. The molecule has 2 heterocycles. The number of aromatic nitrogens is 2. The first-order valence-electron chi connectivity index (χ1n) is 8.63. The number of carbonyl (C=O) groups excluding carboxylic acids is 2. The van der Waals surface area contributed by atoms with Crippen LogP contribution in [-0.4, -0.2) is 28.1 Å². The number of amides is 2. The molecule has 0 aliphatic carbocycles. The molecule has 6 nitrogen and oxygen atoms in total. The molecule has 3 aromatic rings. The first-order chi connectivity index (χ1) is 13.4. The molecule has 0 fully saturated rings. The van der Waals surface area contributed by atoms with E-state index in [1.54, 1.807) is 48.5 Å². The molecule has 8 heteroatoms. The fourth-order valence-electron chi connectivity index (χ4n) is 3.29. The minimum atomic E-state index is -0.239. The van der Waals surface area contributed by atoms with Crippen molar-refractivity contribution in [3.8, 4) is 0 Å². The van der Waals surface area contributed by atoms with E-state index in [4.69, 9.17) is 23.2 Å². The summed E-state index contributed by atoms with van der Waals surface area (Å²) in [6.07, 6.45) is 2.26.